The van der Waals surface area contributed by atoms with E-state index < -0.39 is 24.0 Å². The van der Waals surface area contributed by atoms with E-state index in [0.717, 1.165) is 29.7 Å². The maximum atomic E-state index is 13.0. The number of hydrogen-bond donors (Lipinski definition) is 1. The minimum Gasteiger partial charge on any atom is -0.606 e. The van der Waals surface area contributed by atoms with Crippen molar-refractivity contribution in [3.63, 3.8) is 0 Å². The fourth-order valence-electron chi connectivity index (χ4n) is 3.03. The van der Waals surface area contributed by atoms with Crippen LogP contribution < -0.4 is 10.1 Å². The first-order valence-corrected chi connectivity index (χ1v) is 9.39. The molecule has 9 heteroatoms. The fourth-order valence-corrected chi connectivity index (χ4v) is 4.17. The van der Waals surface area contributed by atoms with Gasteiger partial charge in [0, 0.05) is 40.5 Å². The van der Waals surface area contributed by atoms with Gasteiger partial charge in [-0.3, -0.25) is 0 Å². The van der Waals surface area contributed by atoms with Crippen molar-refractivity contribution in [1.29, 1.82) is 0 Å². The van der Waals surface area contributed by atoms with Crippen LogP contribution in [0.15, 0.2) is 50.7 Å². The van der Waals surface area contributed by atoms with Crippen LogP contribution in [0.2, 0.25) is 0 Å². The third kappa shape index (κ3) is 3.76. The van der Waals surface area contributed by atoms with Gasteiger partial charge in [0.2, 0.25) is 4.90 Å². The lowest BCUT2D eigenvalue weighted by Gasteiger charge is -2.14. The van der Waals surface area contributed by atoms with E-state index in [1.807, 2.05) is 0 Å². The number of nitrogens with zero attached hydrogens (tertiary/aromatic N) is 1. The number of nitrogens with one attached hydrogen (secondary N) is 1. The number of pyridine rings is 1. The topological polar surface area (TPSA) is 70.4 Å². The fraction of sp³-hybridized carbons (Fsp3) is 0.278. The normalized spacial score (nSPS) is 15.6. The number of alkyl halides is 3. The molecule has 0 fully saturated rings. The second-order valence-corrected chi connectivity index (χ2v) is 7.52. The molecule has 3 aromatic rings. The van der Waals surface area contributed by atoms with Crippen LogP contribution in [0.4, 0.5) is 13.2 Å². The molecule has 0 radical (unpaired) electrons. The molecule has 0 aliphatic carbocycles. The highest BCUT2D eigenvalue weighted by Crippen LogP contribution is 2.34. The summed E-state index contributed by atoms with van der Waals surface area (Å²) in [6, 6.07) is 8.10. The Morgan fingerprint density at radius 1 is 1.30 bits per heavy atom. The van der Waals surface area contributed by atoms with Crippen molar-refractivity contribution in [2.45, 2.75) is 28.9 Å². The predicted molar refractivity (Wildman–Crippen MR) is 92.1 cm³/mol. The van der Waals surface area contributed by atoms with E-state index in [0.29, 0.717) is 17.0 Å². The molecule has 1 unspecified atom stereocenters. The molecule has 0 saturated carbocycles. The molecule has 5 nitrogen and oxygen atoms in total. The Morgan fingerprint density at radius 3 is 2.96 bits per heavy atom. The highest BCUT2D eigenvalue weighted by Gasteiger charge is 2.31. The molecule has 142 valence electrons. The van der Waals surface area contributed by atoms with Gasteiger partial charge in [-0.05, 0) is 31.2 Å². The van der Waals surface area contributed by atoms with E-state index in [1.54, 1.807) is 18.2 Å². The first kappa shape index (κ1) is 18.1. The Kier molecular flexibility index (Phi) is 4.75. The first-order valence-electron chi connectivity index (χ1n) is 8.24. The van der Waals surface area contributed by atoms with E-state index in [1.165, 1.54) is 18.3 Å². The summed E-state index contributed by atoms with van der Waals surface area (Å²) in [4.78, 5) is 4.36. The Hall–Kier alpha value is -2.23. The largest absolute Gasteiger partial charge is 0.606 e. The third-order valence-electron chi connectivity index (χ3n) is 4.21. The summed E-state index contributed by atoms with van der Waals surface area (Å²) in [5, 5.41) is 4.10. The Labute approximate surface area is 155 Å². The molecule has 3 heterocycles. The van der Waals surface area contributed by atoms with Crippen LogP contribution in [0.5, 0.6) is 5.88 Å². The highest BCUT2D eigenvalue weighted by atomic mass is 32.2. The third-order valence-corrected chi connectivity index (χ3v) is 5.60. The number of fused-ring (bicyclic) bond motifs is 3. The van der Waals surface area contributed by atoms with E-state index in [9.17, 15) is 17.7 Å². The van der Waals surface area contributed by atoms with Gasteiger partial charge in [0.25, 0.3) is 5.88 Å². The predicted octanol–water partition coefficient (Wildman–Crippen LogP) is 3.58. The summed E-state index contributed by atoms with van der Waals surface area (Å²) in [5.41, 5.74) is 1.77. The number of furan rings is 1. The van der Waals surface area contributed by atoms with Crippen LogP contribution in [0.25, 0.3) is 11.0 Å². The van der Waals surface area contributed by atoms with Gasteiger partial charge < -0.3 is 19.0 Å². The van der Waals surface area contributed by atoms with E-state index in [4.69, 9.17) is 9.15 Å². The van der Waals surface area contributed by atoms with Crippen molar-refractivity contribution in [3.05, 3.63) is 47.9 Å². The zero-order valence-electron chi connectivity index (χ0n) is 14.0. The standard InChI is InChI=1S/C18H15F3N2O3S/c19-18(20,21)10-25-17-16(2-1-6-23-17)27(24)11-3-4-14-13(8-11)12-5-7-22-9-15(12)26-14/h1-4,6,8,22H,5,7,9-10H2. The van der Waals surface area contributed by atoms with Crippen LogP contribution in [-0.4, -0.2) is 28.9 Å². The zero-order valence-corrected chi connectivity index (χ0v) is 14.8. The molecule has 4 rings (SSSR count). The molecule has 27 heavy (non-hydrogen) atoms. The van der Waals surface area contributed by atoms with Crippen molar-refractivity contribution in [1.82, 2.24) is 10.3 Å². The number of benzene rings is 1. The molecule has 2 aromatic heterocycles. The van der Waals surface area contributed by atoms with Gasteiger partial charge in [-0.1, -0.05) is 0 Å². The van der Waals surface area contributed by atoms with Crippen LogP contribution in [0.3, 0.4) is 0 Å². The number of hydrogen-bond acceptors (Lipinski definition) is 5. The van der Waals surface area contributed by atoms with Crippen LogP contribution in [-0.2, 0) is 24.1 Å². The maximum Gasteiger partial charge on any atom is 0.422 e. The Balaban J connectivity index is 1.68. The van der Waals surface area contributed by atoms with Crippen LogP contribution >= 0.6 is 0 Å². The van der Waals surface area contributed by atoms with Gasteiger partial charge in [-0.2, -0.15) is 13.2 Å². The van der Waals surface area contributed by atoms with Crippen LogP contribution in [0.1, 0.15) is 11.3 Å². The first-order chi connectivity index (χ1) is 12.9. The summed E-state index contributed by atoms with van der Waals surface area (Å²) >= 11 is -1.74. The van der Waals surface area contributed by atoms with E-state index >= 15 is 0 Å². The SMILES string of the molecule is [O-][S+](c1ccc2oc3c(c2c1)CCNC3)c1cccnc1OCC(F)(F)F. The summed E-state index contributed by atoms with van der Waals surface area (Å²) in [7, 11) is 0. The van der Waals surface area contributed by atoms with Gasteiger partial charge in [0.05, 0.1) is 6.54 Å². The quantitative estimate of drug-likeness (QED) is 0.683. The van der Waals surface area contributed by atoms with Gasteiger partial charge in [0.1, 0.15) is 11.3 Å². The van der Waals surface area contributed by atoms with Crippen molar-refractivity contribution < 1.29 is 26.9 Å². The monoisotopic (exact) mass is 396 g/mol. The number of ether oxygens (including phenoxy) is 1. The smallest absolute Gasteiger partial charge is 0.422 e. The Bertz CT molecular complexity index is 974. The summed E-state index contributed by atoms with van der Waals surface area (Å²) < 4.78 is 60.9. The highest BCUT2D eigenvalue weighted by molar-refractivity contribution is 7.91. The lowest BCUT2D eigenvalue weighted by molar-refractivity contribution is -0.154. The van der Waals surface area contributed by atoms with Gasteiger partial charge >= 0.3 is 6.18 Å². The molecule has 0 saturated heterocycles. The van der Waals surface area contributed by atoms with Crippen LogP contribution in [0, 0.1) is 0 Å². The molecular weight excluding hydrogens is 381 g/mol. The molecule has 1 aliphatic rings. The average molecular weight is 396 g/mol. The minimum absolute atomic E-state index is 0.0973. The van der Waals surface area contributed by atoms with Crippen molar-refractivity contribution in [2.75, 3.05) is 13.2 Å². The second-order valence-electron chi connectivity index (χ2n) is 6.07. The Morgan fingerprint density at radius 2 is 2.15 bits per heavy atom. The summed E-state index contributed by atoms with van der Waals surface area (Å²) in [6.45, 7) is -0.0249. The van der Waals surface area contributed by atoms with E-state index in [2.05, 4.69) is 10.3 Å². The molecular formula is C18H15F3N2O3S. The average Bonchev–Trinajstić information content (AvgIpc) is 3.03. The van der Waals surface area contributed by atoms with Crippen molar-refractivity contribution in [3.8, 4) is 5.88 Å². The lowest BCUT2D eigenvalue weighted by atomic mass is 10.1. The van der Waals surface area contributed by atoms with E-state index in [-0.39, 0.29) is 10.8 Å². The number of aromatic nitrogens is 1. The summed E-state index contributed by atoms with van der Waals surface area (Å²) in [6.07, 6.45) is -2.40. The van der Waals surface area contributed by atoms with Gasteiger partial charge in [-0.25, -0.2) is 4.98 Å². The van der Waals surface area contributed by atoms with Crippen molar-refractivity contribution >= 4 is 22.1 Å². The number of rotatable bonds is 4. The second kappa shape index (κ2) is 7.06. The summed E-state index contributed by atoms with van der Waals surface area (Å²) in [5.74, 6) is 0.571. The minimum atomic E-state index is -4.50. The number of halogens is 3. The maximum absolute atomic E-state index is 13.0. The molecule has 0 spiro atoms. The molecule has 1 atom stereocenters. The zero-order chi connectivity index (χ0) is 19.0. The lowest BCUT2D eigenvalue weighted by Crippen LogP contribution is -2.22. The van der Waals surface area contributed by atoms with Crippen molar-refractivity contribution in [2.24, 2.45) is 0 Å². The molecule has 1 aliphatic heterocycles. The molecule has 0 amide bonds. The molecule has 1 aromatic carbocycles. The van der Waals surface area contributed by atoms with Gasteiger partial charge in [0.15, 0.2) is 11.5 Å². The van der Waals surface area contributed by atoms with Gasteiger partial charge in [-0.15, -0.1) is 0 Å². The molecule has 1 N–H and O–H groups in total. The molecule has 0 bridgehead atoms.